The molecular formula is C10H9BrF2N2S. The lowest BCUT2D eigenvalue weighted by Gasteiger charge is -2.14. The van der Waals surface area contributed by atoms with Crippen molar-refractivity contribution >= 4 is 38.5 Å². The number of hydrogen-bond donors (Lipinski definition) is 1. The molecule has 0 spiro atoms. The number of aliphatic imine (C=N–C) groups is 1. The molecule has 86 valence electrons. The molecule has 0 saturated heterocycles. The largest absolute Gasteiger partial charge is 0.333 e. The fourth-order valence-corrected chi connectivity index (χ4v) is 2.44. The molecule has 0 amide bonds. The van der Waals surface area contributed by atoms with Gasteiger partial charge in [0, 0.05) is 18.4 Å². The van der Waals surface area contributed by atoms with Crippen LogP contribution in [0.25, 0.3) is 0 Å². The molecule has 0 aromatic heterocycles. The number of halogens is 3. The minimum Gasteiger partial charge on any atom is -0.333 e. The first kappa shape index (κ1) is 11.9. The number of nitrogens with one attached hydrogen (secondary N) is 1. The Kier molecular flexibility index (Phi) is 3.81. The van der Waals surface area contributed by atoms with E-state index in [4.69, 9.17) is 0 Å². The van der Waals surface area contributed by atoms with E-state index in [9.17, 15) is 8.78 Å². The van der Waals surface area contributed by atoms with Crippen LogP contribution in [0, 0.1) is 11.6 Å². The zero-order valence-corrected chi connectivity index (χ0v) is 10.7. The van der Waals surface area contributed by atoms with Gasteiger partial charge in [-0.25, -0.2) is 8.78 Å². The molecule has 1 aromatic carbocycles. The Bertz CT molecular complexity index is 437. The van der Waals surface area contributed by atoms with Crippen LogP contribution in [0.5, 0.6) is 0 Å². The van der Waals surface area contributed by atoms with Crippen LogP contribution in [0.3, 0.4) is 0 Å². The molecule has 1 aliphatic rings. The molecule has 6 heteroatoms. The summed E-state index contributed by atoms with van der Waals surface area (Å²) in [6, 6.07) is 2.23. The summed E-state index contributed by atoms with van der Waals surface area (Å²) in [6.45, 7) is 0.749. The monoisotopic (exact) mass is 306 g/mol. The highest BCUT2D eigenvalue weighted by molar-refractivity contribution is 9.10. The first-order valence-corrected chi connectivity index (χ1v) is 6.53. The summed E-state index contributed by atoms with van der Waals surface area (Å²) >= 11 is 4.56. The lowest BCUT2D eigenvalue weighted by molar-refractivity contribution is 0.582. The van der Waals surface area contributed by atoms with E-state index in [0.717, 1.165) is 24.8 Å². The first-order valence-electron chi connectivity index (χ1n) is 4.75. The number of rotatable bonds is 1. The van der Waals surface area contributed by atoms with Gasteiger partial charge in [-0.1, -0.05) is 11.8 Å². The minimum absolute atomic E-state index is 0.234. The van der Waals surface area contributed by atoms with Gasteiger partial charge in [-0.05, 0) is 28.4 Å². The molecule has 1 aromatic rings. The van der Waals surface area contributed by atoms with Crippen molar-refractivity contribution in [1.29, 1.82) is 0 Å². The maximum Gasteiger partial charge on any atom is 0.161 e. The van der Waals surface area contributed by atoms with Crippen LogP contribution in [-0.2, 0) is 0 Å². The van der Waals surface area contributed by atoms with Crippen LogP contribution in [0.1, 0.15) is 6.42 Å². The molecule has 16 heavy (non-hydrogen) atoms. The van der Waals surface area contributed by atoms with E-state index in [2.05, 4.69) is 26.2 Å². The number of benzene rings is 1. The lowest BCUT2D eigenvalue weighted by Crippen LogP contribution is -2.14. The molecule has 0 atom stereocenters. The molecule has 2 rings (SSSR count). The van der Waals surface area contributed by atoms with E-state index in [0.29, 0.717) is 5.17 Å². The Balaban J connectivity index is 2.20. The fourth-order valence-electron chi connectivity index (χ4n) is 1.27. The van der Waals surface area contributed by atoms with Gasteiger partial charge >= 0.3 is 0 Å². The maximum absolute atomic E-state index is 13.4. The van der Waals surface area contributed by atoms with Gasteiger partial charge in [0.05, 0.1) is 10.2 Å². The molecule has 0 fully saturated rings. The van der Waals surface area contributed by atoms with Gasteiger partial charge in [0.15, 0.2) is 5.17 Å². The second-order valence-corrected chi connectivity index (χ2v) is 5.20. The summed E-state index contributed by atoms with van der Waals surface area (Å²) in [5, 5.41) is 3.54. The van der Waals surface area contributed by atoms with Crippen molar-refractivity contribution in [1.82, 2.24) is 0 Å². The third kappa shape index (κ3) is 2.74. The smallest absolute Gasteiger partial charge is 0.161 e. The number of hydrogen-bond acceptors (Lipinski definition) is 3. The van der Waals surface area contributed by atoms with Gasteiger partial charge in [-0.15, -0.1) is 0 Å². The molecule has 0 radical (unpaired) electrons. The number of amidine groups is 1. The quantitative estimate of drug-likeness (QED) is 0.801. The van der Waals surface area contributed by atoms with E-state index in [1.807, 2.05) is 0 Å². The fraction of sp³-hybridized carbons (Fsp3) is 0.300. The van der Waals surface area contributed by atoms with E-state index in [-0.39, 0.29) is 10.2 Å². The molecule has 2 nitrogen and oxygen atoms in total. The third-order valence-electron chi connectivity index (χ3n) is 2.05. The summed E-state index contributed by atoms with van der Waals surface area (Å²) in [4.78, 5) is 4.21. The molecule has 0 saturated carbocycles. The van der Waals surface area contributed by atoms with Gasteiger partial charge in [0.25, 0.3) is 0 Å². The topological polar surface area (TPSA) is 24.4 Å². The summed E-state index contributed by atoms with van der Waals surface area (Å²) in [6.07, 6.45) is 1.03. The Morgan fingerprint density at radius 2 is 2.12 bits per heavy atom. The van der Waals surface area contributed by atoms with Gasteiger partial charge in [0.2, 0.25) is 0 Å². The van der Waals surface area contributed by atoms with Crippen molar-refractivity contribution in [3.8, 4) is 0 Å². The van der Waals surface area contributed by atoms with Gasteiger partial charge < -0.3 is 5.32 Å². The average molecular weight is 307 g/mol. The number of thioether (sulfide) groups is 1. The Morgan fingerprint density at radius 3 is 2.81 bits per heavy atom. The predicted molar refractivity (Wildman–Crippen MR) is 67.1 cm³/mol. The molecule has 0 bridgehead atoms. The summed E-state index contributed by atoms with van der Waals surface area (Å²) in [7, 11) is 0. The highest BCUT2D eigenvalue weighted by Crippen LogP contribution is 2.25. The first-order chi connectivity index (χ1) is 7.66. The van der Waals surface area contributed by atoms with E-state index >= 15 is 0 Å². The standard InChI is InChI=1S/C10H9BrF2N2S/c11-6-4-9(8(13)5-7(6)12)15-10-14-2-1-3-16-10/h4-5H,1-3H2,(H,14,15). The highest BCUT2D eigenvalue weighted by Gasteiger charge is 2.11. The molecule has 1 aliphatic heterocycles. The van der Waals surface area contributed by atoms with Crippen molar-refractivity contribution in [2.45, 2.75) is 6.42 Å². The molecule has 1 heterocycles. The molecular weight excluding hydrogens is 298 g/mol. The number of nitrogens with zero attached hydrogens (tertiary/aromatic N) is 1. The van der Waals surface area contributed by atoms with E-state index in [1.165, 1.54) is 17.8 Å². The SMILES string of the molecule is Fc1cc(F)c(NC2=NCCCS2)cc1Br. The average Bonchev–Trinajstić information content (AvgIpc) is 2.27. The molecule has 1 N–H and O–H groups in total. The van der Waals surface area contributed by atoms with Crippen molar-refractivity contribution in [3.63, 3.8) is 0 Å². The van der Waals surface area contributed by atoms with Crippen LogP contribution in [0.15, 0.2) is 21.6 Å². The van der Waals surface area contributed by atoms with Crippen molar-refractivity contribution in [2.24, 2.45) is 4.99 Å². The zero-order chi connectivity index (χ0) is 11.5. The Morgan fingerprint density at radius 1 is 1.31 bits per heavy atom. The van der Waals surface area contributed by atoms with Crippen LogP contribution < -0.4 is 5.32 Å². The van der Waals surface area contributed by atoms with Gasteiger partial charge in [-0.2, -0.15) is 0 Å². The Hall–Kier alpha value is -0.620. The molecule has 0 unspecified atom stereocenters. The van der Waals surface area contributed by atoms with Crippen LogP contribution in [0.2, 0.25) is 0 Å². The van der Waals surface area contributed by atoms with Crippen LogP contribution >= 0.6 is 27.7 Å². The highest BCUT2D eigenvalue weighted by atomic mass is 79.9. The minimum atomic E-state index is -0.616. The van der Waals surface area contributed by atoms with E-state index < -0.39 is 11.6 Å². The van der Waals surface area contributed by atoms with Crippen molar-refractivity contribution < 1.29 is 8.78 Å². The van der Waals surface area contributed by atoms with E-state index in [1.54, 1.807) is 0 Å². The van der Waals surface area contributed by atoms with Crippen molar-refractivity contribution in [2.75, 3.05) is 17.6 Å². The number of anilines is 1. The summed E-state index contributed by atoms with van der Waals surface area (Å²) in [5.74, 6) is -0.258. The lowest BCUT2D eigenvalue weighted by atomic mass is 10.3. The van der Waals surface area contributed by atoms with Crippen LogP contribution in [-0.4, -0.2) is 17.5 Å². The molecule has 0 aliphatic carbocycles. The van der Waals surface area contributed by atoms with Crippen molar-refractivity contribution in [3.05, 3.63) is 28.2 Å². The second kappa shape index (κ2) is 5.14. The normalized spacial score (nSPS) is 15.8. The zero-order valence-electron chi connectivity index (χ0n) is 8.27. The maximum atomic E-state index is 13.4. The summed E-state index contributed by atoms with van der Waals surface area (Å²) < 4.78 is 26.6. The van der Waals surface area contributed by atoms with Gasteiger partial charge in [-0.3, -0.25) is 4.99 Å². The summed E-state index contributed by atoms with van der Waals surface area (Å²) in [5.41, 5.74) is 0.237. The third-order valence-corrected chi connectivity index (χ3v) is 3.65. The van der Waals surface area contributed by atoms with Crippen LogP contribution in [0.4, 0.5) is 14.5 Å². The second-order valence-electron chi connectivity index (χ2n) is 3.26. The Labute approximate surface area is 105 Å². The predicted octanol–water partition coefficient (Wildman–Crippen LogP) is 3.63. The van der Waals surface area contributed by atoms with Gasteiger partial charge in [0.1, 0.15) is 11.6 Å².